The molecule has 0 fully saturated rings. The molecule has 0 aromatic heterocycles. The van der Waals surface area contributed by atoms with Gasteiger partial charge in [0.05, 0.1) is 0 Å². The van der Waals surface area contributed by atoms with Crippen molar-refractivity contribution >= 4 is 0 Å². The van der Waals surface area contributed by atoms with Crippen LogP contribution in [0, 0.1) is 13.8 Å². The molecule has 48 valence electrons. The summed E-state index contributed by atoms with van der Waals surface area (Å²) in [4.78, 5) is 0. The minimum atomic E-state index is -2.03. The van der Waals surface area contributed by atoms with Crippen molar-refractivity contribution in [2.75, 3.05) is 0 Å². The molecule has 2 nitrogen and oxygen atoms in total. The average molecular weight is 198 g/mol. The van der Waals surface area contributed by atoms with Gasteiger partial charge < -0.3 is 13.8 Å². The monoisotopic (exact) mass is 200 g/mol. The molecule has 0 aliphatic rings. The van der Waals surface area contributed by atoms with Crippen LogP contribution in [0.1, 0.15) is 19.3 Å². The Morgan fingerprint density at radius 1 is 1.12 bits per heavy atom. The van der Waals surface area contributed by atoms with Crippen molar-refractivity contribution < 1.29 is 25.3 Å². The molecule has 0 saturated heterocycles. The van der Waals surface area contributed by atoms with E-state index in [-0.39, 0.29) is 0 Å². The third-order valence-corrected chi connectivity index (χ3v) is 0.500. The van der Waals surface area contributed by atoms with Crippen LogP contribution < -0.4 is 0 Å². The Bertz CT molecular complexity index is 55.4. The van der Waals surface area contributed by atoms with Crippen molar-refractivity contribution in [1.29, 1.82) is 0 Å². The van der Waals surface area contributed by atoms with Crippen molar-refractivity contribution in [1.82, 2.24) is 0 Å². The number of rotatable bonds is 2. The van der Waals surface area contributed by atoms with Gasteiger partial charge >= 0.3 is 25.3 Å². The molecule has 0 amide bonds. The molecule has 0 aromatic rings. The van der Waals surface area contributed by atoms with Crippen LogP contribution >= 0.6 is 0 Å². The maximum atomic E-state index is 8.50. The van der Waals surface area contributed by atoms with E-state index in [2.05, 4.69) is 13.8 Å². The predicted molar refractivity (Wildman–Crippen MR) is 25.9 cm³/mol. The van der Waals surface area contributed by atoms with Gasteiger partial charge in [-0.25, -0.2) is 0 Å². The van der Waals surface area contributed by atoms with Gasteiger partial charge in [0.1, 0.15) is 0 Å². The fourth-order valence-electron chi connectivity index (χ4n) is 0.177. The Morgan fingerprint density at radius 2 is 1.38 bits per heavy atom. The van der Waals surface area contributed by atoms with Crippen molar-refractivity contribution in [3.63, 3.8) is 0 Å². The second-order valence-corrected chi connectivity index (χ2v) is 1.46. The molecule has 0 saturated carbocycles. The van der Waals surface area contributed by atoms with Gasteiger partial charge in [0.25, 0.3) is 0 Å². The van der Waals surface area contributed by atoms with E-state index >= 15 is 0 Å². The molecule has 0 aliphatic heterocycles. The summed E-state index contributed by atoms with van der Waals surface area (Å²) in [7, 11) is 0. The zero-order valence-electron chi connectivity index (χ0n) is 4.76. The predicted octanol–water partition coefficient (Wildman–Crippen LogP) is 1.58. The summed E-state index contributed by atoms with van der Waals surface area (Å²) >= 11 is -2.03. The molecular weight excluding hydrogens is 188 g/mol. The zero-order chi connectivity index (χ0) is 6.83. The molecule has 0 heterocycles. The van der Waals surface area contributed by atoms with Crippen LogP contribution in [-0.4, -0.2) is 0 Å². The molecule has 0 N–H and O–H groups in total. The molecule has 0 rings (SSSR count). The number of unbranched alkanes of at least 4 members (excludes halogenated alkanes) is 2. The van der Waals surface area contributed by atoms with Gasteiger partial charge in [-0.05, 0) is 0 Å². The fraction of sp³-hybridized carbons (Fsp3) is 0.600. The first-order valence-electron chi connectivity index (χ1n) is 2.33. The summed E-state index contributed by atoms with van der Waals surface area (Å²) in [5.74, 6) is 0. The SMILES string of the molecule is [CH2-]CCC[CH2-].[O]=[Mo+2]=[O]. The van der Waals surface area contributed by atoms with Gasteiger partial charge in [-0.15, -0.1) is 6.42 Å². The molecular formula is C5H10MoO2. The second kappa shape index (κ2) is 15.7. The van der Waals surface area contributed by atoms with Gasteiger partial charge in [-0.2, -0.15) is 12.8 Å². The summed E-state index contributed by atoms with van der Waals surface area (Å²) in [5, 5.41) is 0. The molecule has 0 radical (unpaired) electrons. The van der Waals surface area contributed by atoms with Crippen LogP contribution in [0.5, 0.6) is 0 Å². The minimum absolute atomic E-state index is 1.03. The summed E-state index contributed by atoms with van der Waals surface area (Å²) < 4.78 is 17.0. The normalized spacial score (nSPS) is 6.25. The Morgan fingerprint density at radius 3 is 1.38 bits per heavy atom. The Labute approximate surface area is 58.8 Å². The first-order valence-corrected chi connectivity index (χ1v) is 3.97. The Balaban J connectivity index is 0. The average Bonchev–Trinajstić information content (AvgIpc) is 1.71. The van der Waals surface area contributed by atoms with Gasteiger partial charge in [-0.1, -0.05) is 0 Å². The first kappa shape index (κ1) is 11.1. The zero-order valence-corrected chi connectivity index (χ0v) is 6.77. The van der Waals surface area contributed by atoms with E-state index in [9.17, 15) is 0 Å². The Kier molecular flexibility index (Phi) is 21.8. The number of hydrogen-bond acceptors (Lipinski definition) is 2. The Hall–Kier alpha value is 0.288. The van der Waals surface area contributed by atoms with Crippen molar-refractivity contribution in [2.24, 2.45) is 0 Å². The summed E-state index contributed by atoms with van der Waals surface area (Å²) in [5.41, 5.74) is 0. The van der Waals surface area contributed by atoms with Gasteiger partial charge in [0.2, 0.25) is 0 Å². The van der Waals surface area contributed by atoms with Crippen LogP contribution in [0.15, 0.2) is 0 Å². The summed E-state index contributed by atoms with van der Waals surface area (Å²) in [6, 6.07) is 0. The van der Waals surface area contributed by atoms with E-state index in [0.717, 1.165) is 12.8 Å². The van der Waals surface area contributed by atoms with Crippen molar-refractivity contribution in [3.8, 4) is 0 Å². The third kappa shape index (κ3) is 33.6. The second-order valence-electron chi connectivity index (χ2n) is 1.13. The van der Waals surface area contributed by atoms with Crippen molar-refractivity contribution in [2.45, 2.75) is 19.3 Å². The first-order chi connectivity index (χ1) is 3.83. The van der Waals surface area contributed by atoms with E-state index in [1.54, 1.807) is 0 Å². The van der Waals surface area contributed by atoms with Gasteiger partial charge in [0.15, 0.2) is 0 Å². The van der Waals surface area contributed by atoms with Crippen LogP contribution in [0.2, 0.25) is 0 Å². The molecule has 8 heavy (non-hydrogen) atoms. The van der Waals surface area contributed by atoms with Crippen LogP contribution in [0.3, 0.4) is 0 Å². The molecule has 0 unspecified atom stereocenters. The van der Waals surface area contributed by atoms with Crippen molar-refractivity contribution in [3.05, 3.63) is 13.8 Å². The van der Waals surface area contributed by atoms with Crippen LogP contribution in [-0.2, 0) is 25.3 Å². The maximum absolute atomic E-state index is 8.50. The van der Waals surface area contributed by atoms with E-state index in [0.29, 0.717) is 0 Å². The summed E-state index contributed by atoms with van der Waals surface area (Å²) in [6.45, 7) is 7.27. The quantitative estimate of drug-likeness (QED) is 0.498. The van der Waals surface area contributed by atoms with Gasteiger partial charge in [0, 0.05) is 0 Å². The molecule has 0 aliphatic carbocycles. The van der Waals surface area contributed by atoms with Crippen LogP contribution in [0.4, 0.5) is 0 Å². The molecule has 0 spiro atoms. The molecule has 3 heteroatoms. The standard InChI is InChI=1S/C5H10.Mo.2O/c1-3-5-4-2;;;/h1-5H2;;;/q-2;+2;;. The third-order valence-electron chi connectivity index (χ3n) is 0.500. The topological polar surface area (TPSA) is 34.1 Å². The molecule has 0 aromatic carbocycles. The van der Waals surface area contributed by atoms with E-state index < -0.39 is 18.5 Å². The van der Waals surface area contributed by atoms with E-state index in [4.69, 9.17) is 6.80 Å². The number of hydrogen-bond donors (Lipinski definition) is 0. The van der Waals surface area contributed by atoms with E-state index in [1.165, 1.54) is 6.42 Å². The summed E-state index contributed by atoms with van der Waals surface area (Å²) in [6.07, 6.45) is 3.23. The fourth-order valence-corrected chi connectivity index (χ4v) is 0.177. The molecule has 0 atom stereocenters. The molecule has 0 bridgehead atoms. The van der Waals surface area contributed by atoms with Crippen LogP contribution in [0.25, 0.3) is 0 Å². The van der Waals surface area contributed by atoms with Gasteiger partial charge in [-0.3, -0.25) is 0 Å². The van der Waals surface area contributed by atoms with E-state index in [1.807, 2.05) is 0 Å².